The second-order valence-electron chi connectivity index (χ2n) is 2.20. The van der Waals surface area contributed by atoms with E-state index in [1.165, 1.54) is 18.9 Å². The van der Waals surface area contributed by atoms with Crippen molar-refractivity contribution in [2.45, 2.75) is 6.92 Å². The molecule has 0 saturated heterocycles. The van der Waals surface area contributed by atoms with E-state index in [2.05, 4.69) is 0 Å². The Balaban J connectivity index is 0. The number of carbonyl (C=O) groups excluding carboxylic acids is 1. The van der Waals surface area contributed by atoms with Crippen molar-refractivity contribution < 1.29 is 47.3 Å². The zero-order valence-corrected chi connectivity index (χ0v) is 10.2. The monoisotopic (exact) mass is 203 g/mol. The number of hydrogen-bond donors (Lipinski definition) is 0. The molecule has 0 spiro atoms. The van der Waals surface area contributed by atoms with Crippen LogP contribution in [-0.4, -0.2) is 43.1 Å². The van der Waals surface area contributed by atoms with Gasteiger partial charge in [0.1, 0.15) is 0 Å². The molecular formula is C5H10NNaO4S. The van der Waals surface area contributed by atoms with Crippen molar-refractivity contribution in [3.63, 3.8) is 0 Å². The first-order valence-corrected chi connectivity index (χ1v) is 4.56. The first-order valence-electron chi connectivity index (χ1n) is 2.98. The first-order chi connectivity index (χ1) is 4.83. The SMILES string of the molecule is CC(=O)N(C)CCS(=O)(=O)[O-].[Na+]. The fraction of sp³-hybridized carbons (Fsp3) is 0.800. The molecular weight excluding hydrogens is 193 g/mol. The fourth-order valence-electron chi connectivity index (χ4n) is 0.406. The summed E-state index contributed by atoms with van der Waals surface area (Å²) >= 11 is 0. The van der Waals surface area contributed by atoms with Gasteiger partial charge in [0.25, 0.3) is 0 Å². The van der Waals surface area contributed by atoms with Gasteiger partial charge < -0.3 is 9.45 Å². The summed E-state index contributed by atoms with van der Waals surface area (Å²) in [5.41, 5.74) is 0. The Morgan fingerprint density at radius 2 is 1.92 bits per heavy atom. The third-order valence-electron chi connectivity index (χ3n) is 1.21. The topological polar surface area (TPSA) is 77.5 Å². The summed E-state index contributed by atoms with van der Waals surface area (Å²) in [6.07, 6.45) is 0. The van der Waals surface area contributed by atoms with Gasteiger partial charge >= 0.3 is 29.6 Å². The summed E-state index contributed by atoms with van der Waals surface area (Å²) in [7, 11) is -2.76. The zero-order valence-electron chi connectivity index (χ0n) is 7.40. The van der Waals surface area contributed by atoms with Crippen LogP contribution >= 0.6 is 0 Å². The van der Waals surface area contributed by atoms with Gasteiger partial charge in [-0.05, 0) is 0 Å². The molecule has 0 fully saturated rings. The first kappa shape index (κ1) is 14.9. The van der Waals surface area contributed by atoms with Crippen LogP contribution in [-0.2, 0) is 14.9 Å². The Morgan fingerprint density at radius 1 is 1.50 bits per heavy atom. The van der Waals surface area contributed by atoms with E-state index in [-0.39, 0.29) is 42.0 Å². The van der Waals surface area contributed by atoms with Crippen LogP contribution in [0.3, 0.4) is 0 Å². The second kappa shape index (κ2) is 5.93. The van der Waals surface area contributed by atoms with Crippen molar-refractivity contribution in [3.8, 4) is 0 Å². The van der Waals surface area contributed by atoms with Gasteiger partial charge in [0.15, 0.2) is 0 Å². The van der Waals surface area contributed by atoms with Crippen LogP contribution in [0.5, 0.6) is 0 Å². The molecule has 0 aromatic carbocycles. The average molecular weight is 203 g/mol. The Kier molecular flexibility index (Phi) is 7.35. The molecule has 0 aromatic rings. The minimum atomic E-state index is -4.20. The van der Waals surface area contributed by atoms with E-state index in [4.69, 9.17) is 0 Å². The number of nitrogens with zero attached hydrogens (tertiary/aromatic N) is 1. The van der Waals surface area contributed by atoms with Gasteiger partial charge in [-0.15, -0.1) is 0 Å². The molecule has 0 radical (unpaired) electrons. The molecule has 12 heavy (non-hydrogen) atoms. The normalized spacial score (nSPS) is 10.2. The summed E-state index contributed by atoms with van der Waals surface area (Å²) in [6, 6.07) is 0. The molecule has 0 aromatic heterocycles. The molecule has 0 aliphatic heterocycles. The Labute approximate surface area is 94.2 Å². The maximum atomic E-state index is 10.5. The van der Waals surface area contributed by atoms with Crippen molar-refractivity contribution in [1.29, 1.82) is 0 Å². The molecule has 0 atom stereocenters. The van der Waals surface area contributed by atoms with Crippen LogP contribution in [0.1, 0.15) is 6.92 Å². The third-order valence-corrected chi connectivity index (χ3v) is 1.90. The molecule has 0 heterocycles. The summed E-state index contributed by atoms with van der Waals surface area (Å²) in [4.78, 5) is 11.7. The molecule has 0 bridgehead atoms. The van der Waals surface area contributed by atoms with E-state index < -0.39 is 15.9 Å². The van der Waals surface area contributed by atoms with Crippen molar-refractivity contribution in [1.82, 2.24) is 4.90 Å². The van der Waals surface area contributed by atoms with Crippen molar-refractivity contribution in [3.05, 3.63) is 0 Å². The Hall–Kier alpha value is 0.380. The zero-order chi connectivity index (χ0) is 9.07. The van der Waals surface area contributed by atoms with Gasteiger partial charge in [0.2, 0.25) is 5.91 Å². The van der Waals surface area contributed by atoms with E-state index in [1.54, 1.807) is 0 Å². The molecule has 0 saturated carbocycles. The molecule has 7 heteroatoms. The largest absolute Gasteiger partial charge is 1.00 e. The number of rotatable bonds is 3. The van der Waals surface area contributed by atoms with Gasteiger partial charge in [-0.25, -0.2) is 8.42 Å². The van der Waals surface area contributed by atoms with Gasteiger partial charge in [0, 0.05) is 20.5 Å². The van der Waals surface area contributed by atoms with Crippen LogP contribution < -0.4 is 29.6 Å². The average Bonchev–Trinajstić information content (AvgIpc) is 1.80. The van der Waals surface area contributed by atoms with Crippen molar-refractivity contribution in [2.24, 2.45) is 0 Å². The Bertz CT molecular complexity index is 238. The predicted molar refractivity (Wildman–Crippen MR) is 37.9 cm³/mol. The minimum Gasteiger partial charge on any atom is -0.748 e. The van der Waals surface area contributed by atoms with Gasteiger partial charge in [-0.2, -0.15) is 0 Å². The van der Waals surface area contributed by atoms with E-state index in [9.17, 15) is 17.8 Å². The summed E-state index contributed by atoms with van der Waals surface area (Å²) in [6.45, 7) is 1.26. The van der Waals surface area contributed by atoms with Gasteiger partial charge in [0.05, 0.1) is 15.9 Å². The van der Waals surface area contributed by atoms with Gasteiger partial charge in [-0.1, -0.05) is 0 Å². The fourth-order valence-corrected chi connectivity index (χ4v) is 0.904. The summed E-state index contributed by atoms with van der Waals surface area (Å²) in [5, 5.41) is 0. The molecule has 5 nitrogen and oxygen atoms in total. The molecule has 0 rings (SSSR count). The number of amides is 1. The molecule has 0 aliphatic rings. The molecule has 1 amide bonds. The van der Waals surface area contributed by atoms with Crippen LogP contribution in [0.25, 0.3) is 0 Å². The maximum Gasteiger partial charge on any atom is 1.00 e. The minimum absolute atomic E-state index is 0. The number of hydrogen-bond acceptors (Lipinski definition) is 4. The molecule has 0 aliphatic carbocycles. The third kappa shape index (κ3) is 8.48. The van der Waals surface area contributed by atoms with Crippen molar-refractivity contribution in [2.75, 3.05) is 19.3 Å². The van der Waals surface area contributed by atoms with Crippen LogP contribution in [0.2, 0.25) is 0 Å². The van der Waals surface area contributed by atoms with Crippen molar-refractivity contribution >= 4 is 16.0 Å². The summed E-state index contributed by atoms with van der Waals surface area (Å²) < 4.78 is 30.2. The van der Waals surface area contributed by atoms with Crippen LogP contribution in [0, 0.1) is 0 Å². The second-order valence-corrected chi connectivity index (χ2v) is 3.73. The predicted octanol–water partition coefficient (Wildman–Crippen LogP) is -3.99. The maximum absolute atomic E-state index is 10.5. The molecule has 66 valence electrons. The quantitative estimate of drug-likeness (QED) is 0.346. The Morgan fingerprint density at radius 3 is 2.17 bits per heavy atom. The van der Waals surface area contributed by atoms with E-state index >= 15 is 0 Å². The summed E-state index contributed by atoms with van der Waals surface area (Å²) in [5.74, 6) is -0.781. The van der Waals surface area contributed by atoms with Gasteiger partial charge in [-0.3, -0.25) is 4.79 Å². The molecule has 0 N–H and O–H groups in total. The van der Waals surface area contributed by atoms with Crippen LogP contribution in [0.15, 0.2) is 0 Å². The van der Waals surface area contributed by atoms with E-state index in [1.807, 2.05) is 0 Å². The number of carbonyl (C=O) groups is 1. The standard InChI is InChI=1S/C5H11NO4S.Na/c1-5(7)6(2)3-4-11(8,9)10;/h3-4H2,1-2H3,(H,8,9,10);/q;+1/p-1. The van der Waals surface area contributed by atoms with E-state index in [0.717, 1.165) is 0 Å². The smallest absolute Gasteiger partial charge is 0.748 e. The van der Waals surface area contributed by atoms with Crippen LogP contribution in [0.4, 0.5) is 0 Å². The molecule has 0 unspecified atom stereocenters. The van der Waals surface area contributed by atoms with E-state index in [0.29, 0.717) is 0 Å².